The van der Waals surface area contributed by atoms with Crippen molar-refractivity contribution >= 4 is 0 Å². The molecule has 92 valence electrons. The van der Waals surface area contributed by atoms with Gasteiger partial charge in [0, 0.05) is 5.92 Å². The largest absolute Gasteiger partial charge is 0.508 e. The van der Waals surface area contributed by atoms with Crippen molar-refractivity contribution < 1.29 is 9.84 Å². The highest BCUT2D eigenvalue weighted by Gasteiger charge is 2.27. The van der Waals surface area contributed by atoms with Crippen LogP contribution in [0.3, 0.4) is 0 Å². The average molecular weight is 240 g/mol. The maximum Gasteiger partial charge on any atom is 0.122 e. The van der Waals surface area contributed by atoms with Gasteiger partial charge < -0.3 is 9.84 Å². The molecular formula is C16H16O2. The highest BCUT2D eigenvalue weighted by molar-refractivity contribution is 5.39. The molecule has 1 N–H and O–H groups in total. The van der Waals surface area contributed by atoms with Gasteiger partial charge in [-0.05, 0) is 42.7 Å². The molecule has 2 unspecified atom stereocenters. The zero-order valence-electron chi connectivity index (χ0n) is 10.3. The molecule has 2 atom stereocenters. The Balaban J connectivity index is 1.93. The summed E-state index contributed by atoms with van der Waals surface area (Å²) in [4.78, 5) is 0. The molecule has 2 heteroatoms. The summed E-state index contributed by atoms with van der Waals surface area (Å²) in [7, 11) is 0. The van der Waals surface area contributed by atoms with Crippen molar-refractivity contribution in [3.8, 4) is 11.5 Å². The molecule has 18 heavy (non-hydrogen) atoms. The smallest absolute Gasteiger partial charge is 0.122 e. The molecule has 0 fully saturated rings. The van der Waals surface area contributed by atoms with E-state index in [1.165, 1.54) is 11.1 Å². The monoisotopic (exact) mass is 240 g/mol. The minimum absolute atomic E-state index is 0.157. The Bertz CT molecular complexity index is 545. The molecule has 0 aromatic heterocycles. The predicted molar refractivity (Wildman–Crippen MR) is 71.1 cm³/mol. The first-order chi connectivity index (χ1) is 8.74. The summed E-state index contributed by atoms with van der Waals surface area (Å²) >= 11 is 0. The summed E-state index contributed by atoms with van der Waals surface area (Å²) in [6.07, 6.45) is 1.15. The van der Waals surface area contributed by atoms with Gasteiger partial charge in [-0.2, -0.15) is 0 Å². The number of aromatic hydroxyl groups is 1. The third-order valence-electron chi connectivity index (χ3n) is 3.61. The number of hydrogen-bond donors (Lipinski definition) is 1. The summed E-state index contributed by atoms with van der Waals surface area (Å²) in [6, 6.07) is 15.6. The molecule has 2 aromatic carbocycles. The van der Waals surface area contributed by atoms with Gasteiger partial charge in [-0.25, -0.2) is 0 Å². The van der Waals surface area contributed by atoms with E-state index in [9.17, 15) is 5.11 Å². The molecule has 0 aliphatic carbocycles. The van der Waals surface area contributed by atoms with Crippen LogP contribution in [0.5, 0.6) is 11.5 Å². The van der Waals surface area contributed by atoms with Gasteiger partial charge >= 0.3 is 0 Å². The van der Waals surface area contributed by atoms with Gasteiger partial charge in [-0.3, -0.25) is 0 Å². The summed E-state index contributed by atoms with van der Waals surface area (Å²) < 4.78 is 5.97. The Labute approximate surface area is 107 Å². The van der Waals surface area contributed by atoms with Crippen LogP contribution in [0.25, 0.3) is 0 Å². The molecule has 3 rings (SSSR count). The lowest BCUT2D eigenvalue weighted by molar-refractivity contribution is 0.167. The molecule has 0 saturated carbocycles. The van der Waals surface area contributed by atoms with Crippen molar-refractivity contribution in [1.82, 2.24) is 0 Å². The number of benzene rings is 2. The minimum atomic E-state index is 0.157. The topological polar surface area (TPSA) is 29.5 Å². The number of phenols is 1. The molecule has 1 aliphatic heterocycles. The van der Waals surface area contributed by atoms with E-state index in [2.05, 4.69) is 13.0 Å². The molecule has 1 aliphatic rings. The third-order valence-corrected chi connectivity index (χ3v) is 3.61. The average Bonchev–Trinajstić information content (AvgIpc) is 2.39. The van der Waals surface area contributed by atoms with Gasteiger partial charge in [-0.1, -0.05) is 30.3 Å². The van der Waals surface area contributed by atoms with E-state index in [0.717, 1.165) is 12.2 Å². The van der Waals surface area contributed by atoms with Crippen LogP contribution in [0.1, 0.15) is 24.0 Å². The number of ether oxygens (including phenoxy) is 1. The van der Waals surface area contributed by atoms with Gasteiger partial charge in [-0.15, -0.1) is 0 Å². The second-order valence-corrected chi connectivity index (χ2v) is 4.83. The van der Waals surface area contributed by atoms with Gasteiger partial charge in [0.15, 0.2) is 0 Å². The van der Waals surface area contributed by atoms with E-state index in [-0.39, 0.29) is 6.10 Å². The first-order valence-corrected chi connectivity index (χ1v) is 6.27. The quantitative estimate of drug-likeness (QED) is 0.826. The van der Waals surface area contributed by atoms with Crippen molar-refractivity contribution in [3.63, 3.8) is 0 Å². The van der Waals surface area contributed by atoms with Crippen molar-refractivity contribution in [3.05, 3.63) is 59.7 Å². The van der Waals surface area contributed by atoms with E-state index in [1.54, 1.807) is 12.1 Å². The van der Waals surface area contributed by atoms with E-state index < -0.39 is 0 Å². The maximum absolute atomic E-state index is 9.35. The van der Waals surface area contributed by atoms with E-state index in [0.29, 0.717) is 11.7 Å². The van der Waals surface area contributed by atoms with Crippen LogP contribution in [0, 0.1) is 0 Å². The number of rotatable bonds is 1. The van der Waals surface area contributed by atoms with Crippen LogP contribution < -0.4 is 4.74 Å². The Morgan fingerprint density at radius 2 is 1.78 bits per heavy atom. The number of phenolic OH excluding ortho intramolecular Hbond substituents is 1. The van der Waals surface area contributed by atoms with Crippen molar-refractivity contribution in [2.24, 2.45) is 0 Å². The lowest BCUT2D eigenvalue weighted by Gasteiger charge is -2.31. The SMILES string of the molecule is CC1Oc2ccccc2CC1c1ccc(O)cc1. The first kappa shape index (κ1) is 11.1. The minimum Gasteiger partial charge on any atom is -0.508 e. The van der Waals surface area contributed by atoms with Crippen molar-refractivity contribution in [1.29, 1.82) is 0 Å². The van der Waals surface area contributed by atoms with E-state index >= 15 is 0 Å². The van der Waals surface area contributed by atoms with Gasteiger partial charge in [0.2, 0.25) is 0 Å². The fourth-order valence-electron chi connectivity index (χ4n) is 2.58. The molecule has 0 radical (unpaired) electrons. The van der Waals surface area contributed by atoms with Crippen molar-refractivity contribution in [2.75, 3.05) is 0 Å². The summed E-state index contributed by atoms with van der Waals surface area (Å²) in [5.41, 5.74) is 2.48. The van der Waals surface area contributed by atoms with Crippen LogP contribution in [0.2, 0.25) is 0 Å². The lowest BCUT2D eigenvalue weighted by Crippen LogP contribution is -2.28. The first-order valence-electron chi connectivity index (χ1n) is 6.27. The molecule has 2 nitrogen and oxygen atoms in total. The fourth-order valence-corrected chi connectivity index (χ4v) is 2.58. The van der Waals surface area contributed by atoms with Crippen LogP contribution in [-0.4, -0.2) is 11.2 Å². The molecule has 0 saturated heterocycles. The number of para-hydroxylation sites is 1. The molecule has 0 amide bonds. The lowest BCUT2D eigenvalue weighted by atomic mass is 9.85. The van der Waals surface area contributed by atoms with Gasteiger partial charge in [0.25, 0.3) is 0 Å². The maximum atomic E-state index is 9.35. The Kier molecular flexibility index (Phi) is 2.71. The third kappa shape index (κ3) is 1.94. The highest BCUT2D eigenvalue weighted by atomic mass is 16.5. The second kappa shape index (κ2) is 4.37. The van der Waals surface area contributed by atoms with E-state index in [1.807, 2.05) is 30.3 Å². The Hall–Kier alpha value is -1.96. The molecular weight excluding hydrogens is 224 g/mol. The van der Waals surface area contributed by atoms with Gasteiger partial charge in [0.05, 0.1) is 0 Å². The number of fused-ring (bicyclic) bond motifs is 1. The summed E-state index contributed by atoms with van der Waals surface area (Å²) in [5, 5.41) is 9.35. The molecule has 1 heterocycles. The van der Waals surface area contributed by atoms with E-state index in [4.69, 9.17) is 4.74 Å². The Morgan fingerprint density at radius 3 is 2.56 bits per heavy atom. The Morgan fingerprint density at radius 1 is 1.06 bits per heavy atom. The van der Waals surface area contributed by atoms with Crippen LogP contribution in [0.15, 0.2) is 48.5 Å². The van der Waals surface area contributed by atoms with Crippen molar-refractivity contribution in [2.45, 2.75) is 25.4 Å². The standard InChI is InChI=1S/C16H16O2/c1-11-15(12-6-8-14(17)9-7-12)10-13-4-2-3-5-16(13)18-11/h2-9,11,15,17H,10H2,1H3. The molecule has 0 spiro atoms. The highest BCUT2D eigenvalue weighted by Crippen LogP contribution is 2.36. The summed E-state index contributed by atoms with van der Waals surface area (Å²) in [6.45, 7) is 2.10. The van der Waals surface area contributed by atoms with Crippen LogP contribution >= 0.6 is 0 Å². The zero-order chi connectivity index (χ0) is 12.5. The predicted octanol–water partition coefficient (Wildman–Crippen LogP) is 3.50. The van der Waals surface area contributed by atoms with Crippen LogP contribution in [-0.2, 0) is 6.42 Å². The number of hydrogen-bond acceptors (Lipinski definition) is 2. The molecule has 2 aromatic rings. The van der Waals surface area contributed by atoms with Gasteiger partial charge in [0.1, 0.15) is 17.6 Å². The summed E-state index contributed by atoms with van der Waals surface area (Å²) in [5.74, 6) is 1.66. The zero-order valence-corrected chi connectivity index (χ0v) is 10.3. The van der Waals surface area contributed by atoms with Crippen LogP contribution in [0.4, 0.5) is 0 Å². The second-order valence-electron chi connectivity index (χ2n) is 4.83. The fraction of sp³-hybridized carbons (Fsp3) is 0.250. The molecule has 0 bridgehead atoms. The normalized spacial score (nSPS) is 22.1.